The summed E-state index contributed by atoms with van der Waals surface area (Å²) in [5.41, 5.74) is 12.7. The van der Waals surface area contributed by atoms with Crippen molar-refractivity contribution in [2.24, 2.45) is 11.5 Å². The Morgan fingerprint density at radius 1 is 1.31 bits per heavy atom. The predicted molar refractivity (Wildman–Crippen MR) is 61.9 cm³/mol. The van der Waals surface area contributed by atoms with Crippen LogP contribution < -0.4 is 16.8 Å². The van der Waals surface area contributed by atoms with E-state index in [0.717, 1.165) is 11.3 Å². The van der Waals surface area contributed by atoms with E-state index >= 15 is 0 Å². The second-order valence-corrected chi connectivity index (χ2v) is 2.83. The first kappa shape index (κ1) is 12.9. The van der Waals surface area contributed by atoms with Gasteiger partial charge in [0, 0.05) is 12.2 Å². The van der Waals surface area contributed by atoms with E-state index in [1.165, 1.54) is 0 Å². The zero-order valence-electron chi connectivity index (χ0n) is 6.58. The summed E-state index contributed by atoms with van der Waals surface area (Å²) in [5.74, 6) is 0. The molecule has 1 aromatic carbocycles. The molecule has 66 valence electrons. The molecule has 5 heteroatoms. The van der Waals surface area contributed by atoms with Gasteiger partial charge < -0.3 is 16.8 Å². The summed E-state index contributed by atoms with van der Waals surface area (Å²) < 4.78 is 0. The van der Waals surface area contributed by atoms with Crippen molar-refractivity contribution in [1.82, 2.24) is 0 Å². The third-order valence-corrected chi connectivity index (χ3v) is 1.56. The van der Waals surface area contributed by atoms with Gasteiger partial charge in [-0.15, -0.1) is 0 Å². The maximum atomic E-state index is 5.43. The summed E-state index contributed by atoms with van der Waals surface area (Å²) in [6.07, 6.45) is 0. The molecule has 0 saturated heterocycles. The van der Waals surface area contributed by atoms with Crippen LogP contribution in [0.25, 0.3) is 0 Å². The van der Waals surface area contributed by atoms with E-state index in [9.17, 15) is 0 Å². The molecule has 0 aliphatic rings. The number of thiocarbonyl (C=S) groups is 1. The van der Waals surface area contributed by atoms with Crippen molar-refractivity contribution in [2.45, 2.75) is 6.54 Å². The number of benzene rings is 1. The molecule has 3 nitrogen and oxygen atoms in total. The van der Waals surface area contributed by atoms with Crippen LogP contribution in [0.4, 0.5) is 5.69 Å². The Labute approximate surface area is 105 Å². The number of anilines is 1. The van der Waals surface area contributed by atoms with Gasteiger partial charge in [-0.25, -0.2) is 0 Å². The van der Waals surface area contributed by atoms with E-state index in [0.29, 0.717) is 6.54 Å². The van der Waals surface area contributed by atoms with E-state index in [1.54, 1.807) is 0 Å². The first-order valence-electron chi connectivity index (χ1n) is 3.58. The molecule has 0 atom stereocenters. The van der Waals surface area contributed by atoms with Gasteiger partial charge in [-0.3, -0.25) is 0 Å². The fourth-order valence-corrected chi connectivity index (χ4v) is 0.984. The fraction of sp³-hybridized carbons (Fsp3) is 0.125. The van der Waals surface area contributed by atoms with Crippen LogP contribution in [0.3, 0.4) is 0 Å². The second kappa shape index (κ2) is 6.34. The normalized spacial score (nSPS) is 8.69. The Morgan fingerprint density at radius 3 is 2.23 bits per heavy atom. The molecule has 0 bridgehead atoms. The van der Waals surface area contributed by atoms with Gasteiger partial charge in [-0.2, -0.15) is 0 Å². The zero-order valence-corrected chi connectivity index (χ0v) is 7.40. The van der Waals surface area contributed by atoms with Crippen LogP contribution in [0.15, 0.2) is 24.3 Å². The molecule has 0 spiro atoms. The van der Waals surface area contributed by atoms with Gasteiger partial charge in [0.05, 0.1) is 0 Å². The molecular weight excluding hydrogens is 193 g/mol. The van der Waals surface area contributed by atoms with Gasteiger partial charge in [0.25, 0.3) is 0 Å². The van der Waals surface area contributed by atoms with Gasteiger partial charge in [-0.1, -0.05) is 12.1 Å². The Kier molecular flexibility index (Phi) is 6.28. The second-order valence-electron chi connectivity index (χ2n) is 2.39. The minimum absolute atomic E-state index is 0. The molecule has 1 aromatic rings. The van der Waals surface area contributed by atoms with Gasteiger partial charge in [0.15, 0.2) is 5.11 Å². The molecule has 0 aromatic heterocycles. The van der Waals surface area contributed by atoms with Crippen molar-refractivity contribution in [1.29, 1.82) is 0 Å². The van der Waals surface area contributed by atoms with Crippen LogP contribution in [0.2, 0.25) is 0 Å². The molecule has 0 radical (unpaired) electrons. The standard InChI is InChI=1S/C8H11N3S.Na.H/c9-5-6-1-3-7(4-2-6)11-8(10)12;;/h1-4H,5,9H2,(H3,10,11,12);;. The van der Waals surface area contributed by atoms with Crippen LogP contribution in [-0.2, 0) is 6.54 Å². The molecule has 0 unspecified atom stereocenters. The summed E-state index contributed by atoms with van der Waals surface area (Å²) in [5, 5.41) is 3.10. The Hall–Kier alpha value is -0.130. The number of hydrogen-bond acceptors (Lipinski definition) is 2. The van der Waals surface area contributed by atoms with Crippen LogP contribution in [0, 0.1) is 0 Å². The van der Waals surface area contributed by atoms with Crippen LogP contribution in [-0.4, -0.2) is 34.7 Å². The third kappa shape index (κ3) is 4.59. The van der Waals surface area contributed by atoms with Gasteiger partial charge in [0.2, 0.25) is 0 Å². The molecule has 1 rings (SSSR count). The van der Waals surface area contributed by atoms with E-state index in [4.69, 9.17) is 11.5 Å². The van der Waals surface area contributed by atoms with Crippen molar-refractivity contribution < 1.29 is 0 Å². The summed E-state index contributed by atoms with van der Waals surface area (Å²) >= 11 is 4.68. The predicted octanol–water partition coefficient (Wildman–Crippen LogP) is 0.152. The van der Waals surface area contributed by atoms with Crippen LogP contribution in [0.5, 0.6) is 0 Å². The molecule has 0 amide bonds. The Balaban J connectivity index is 0.00000144. The SMILES string of the molecule is NCc1ccc(NC(N)=S)cc1.[NaH]. The Morgan fingerprint density at radius 2 is 1.85 bits per heavy atom. The molecule has 0 saturated carbocycles. The zero-order chi connectivity index (χ0) is 8.97. The van der Waals surface area contributed by atoms with Crippen LogP contribution >= 0.6 is 12.2 Å². The van der Waals surface area contributed by atoms with Crippen molar-refractivity contribution in [3.05, 3.63) is 29.8 Å². The molecule has 5 N–H and O–H groups in total. The summed E-state index contributed by atoms with van der Waals surface area (Å²) in [6.45, 7) is 0.549. The average Bonchev–Trinajstić information content (AvgIpc) is 2.05. The molecule has 0 fully saturated rings. The molecule has 0 aliphatic carbocycles. The van der Waals surface area contributed by atoms with Crippen molar-refractivity contribution in [2.75, 3.05) is 5.32 Å². The van der Waals surface area contributed by atoms with Gasteiger partial charge in [0.1, 0.15) is 0 Å². The van der Waals surface area contributed by atoms with Crippen molar-refractivity contribution in [3.8, 4) is 0 Å². The van der Waals surface area contributed by atoms with Crippen LogP contribution in [0.1, 0.15) is 5.56 Å². The molecule has 0 aliphatic heterocycles. The minimum atomic E-state index is 0. The molecule has 13 heavy (non-hydrogen) atoms. The Bertz CT molecular complexity index is 273. The molecular formula is C8H12N3NaS. The van der Waals surface area contributed by atoms with Gasteiger partial charge in [-0.05, 0) is 29.9 Å². The number of hydrogen-bond donors (Lipinski definition) is 3. The molecule has 0 heterocycles. The number of nitrogens with two attached hydrogens (primary N) is 2. The van der Waals surface area contributed by atoms with Crippen molar-refractivity contribution in [3.63, 3.8) is 0 Å². The fourth-order valence-electron chi connectivity index (χ4n) is 0.866. The number of rotatable bonds is 2. The van der Waals surface area contributed by atoms with Crippen molar-refractivity contribution >= 4 is 52.6 Å². The van der Waals surface area contributed by atoms with Gasteiger partial charge >= 0.3 is 29.6 Å². The quantitative estimate of drug-likeness (QED) is 0.475. The number of nitrogens with one attached hydrogen (secondary N) is 1. The van der Waals surface area contributed by atoms with E-state index in [2.05, 4.69) is 17.5 Å². The van der Waals surface area contributed by atoms with E-state index in [1.807, 2.05) is 24.3 Å². The monoisotopic (exact) mass is 205 g/mol. The topological polar surface area (TPSA) is 64.1 Å². The summed E-state index contributed by atoms with van der Waals surface area (Å²) in [4.78, 5) is 0. The summed E-state index contributed by atoms with van der Waals surface area (Å²) in [7, 11) is 0. The van der Waals surface area contributed by atoms with E-state index < -0.39 is 0 Å². The first-order chi connectivity index (χ1) is 5.72. The maximum absolute atomic E-state index is 5.43. The average molecular weight is 205 g/mol. The summed E-state index contributed by atoms with van der Waals surface area (Å²) in [6, 6.07) is 7.64. The first-order valence-corrected chi connectivity index (χ1v) is 3.98. The van der Waals surface area contributed by atoms with E-state index in [-0.39, 0.29) is 34.7 Å². The third-order valence-electron chi connectivity index (χ3n) is 1.46.